The van der Waals surface area contributed by atoms with Crippen LogP contribution < -0.4 is 5.73 Å². The molecule has 3 heteroatoms. The molecule has 1 aliphatic carbocycles. The van der Waals surface area contributed by atoms with E-state index in [0.717, 1.165) is 12.3 Å². The third kappa shape index (κ3) is 3.11. The highest BCUT2D eigenvalue weighted by Crippen LogP contribution is 2.36. The van der Waals surface area contributed by atoms with Gasteiger partial charge in [-0.1, -0.05) is 13.8 Å². The Kier molecular flexibility index (Phi) is 3.89. The minimum atomic E-state index is 0.0977. The van der Waals surface area contributed by atoms with Crippen molar-refractivity contribution in [2.45, 2.75) is 51.7 Å². The fourth-order valence-corrected chi connectivity index (χ4v) is 2.50. The van der Waals surface area contributed by atoms with E-state index in [1.165, 1.54) is 12.8 Å². The average molecular weight is 236 g/mol. The average Bonchev–Trinajstić information content (AvgIpc) is 2.95. The predicted octanol–water partition coefficient (Wildman–Crippen LogP) is 2.79. The van der Waals surface area contributed by atoms with Crippen LogP contribution in [0.2, 0.25) is 0 Å². The monoisotopic (exact) mass is 236 g/mol. The molecule has 0 aliphatic heterocycles. The SMILES string of the molecule is CC(C)CN(C1CC1)C(c1ccco1)C(C)N. The molecule has 96 valence electrons. The van der Waals surface area contributed by atoms with Gasteiger partial charge in [0.2, 0.25) is 0 Å². The molecule has 1 heterocycles. The Morgan fingerprint density at radius 3 is 2.53 bits per heavy atom. The molecule has 0 aromatic carbocycles. The third-order valence-electron chi connectivity index (χ3n) is 3.28. The van der Waals surface area contributed by atoms with Gasteiger partial charge in [-0.3, -0.25) is 4.90 Å². The fraction of sp³-hybridized carbons (Fsp3) is 0.714. The van der Waals surface area contributed by atoms with Gasteiger partial charge in [-0.05, 0) is 37.8 Å². The summed E-state index contributed by atoms with van der Waals surface area (Å²) in [5.41, 5.74) is 6.17. The van der Waals surface area contributed by atoms with E-state index in [4.69, 9.17) is 10.2 Å². The Morgan fingerprint density at radius 2 is 2.12 bits per heavy atom. The number of hydrogen-bond donors (Lipinski definition) is 1. The van der Waals surface area contributed by atoms with Crippen LogP contribution in [0, 0.1) is 5.92 Å². The van der Waals surface area contributed by atoms with Gasteiger partial charge in [0, 0.05) is 18.6 Å². The second-order valence-corrected chi connectivity index (χ2v) is 5.64. The smallest absolute Gasteiger partial charge is 0.122 e. The van der Waals surface area contributed by atoms with Crippen LogP contribution in [0.15, 0.2) is 22.8 Å². The molecule has 1 aliphatic rings. The standard InChI is InChI=1S/C14H24N2O/c1-10(2)9-16(12-6-7-12)14(11(3)15)13-5-4-8-17-13/h4-5,8,10-12,14H,6-7,9,15H2,1-3H3. The maximum atomic E-state index is 6.17. The first-order valence-electron chi connectivity index (χ1n) is 6.64. The number of nitrogens with zero attached hydrogens (tertiary/aromatic N) is 1. The second-order valence-electron chi connectivity index (χ2n) is 5.64. The van der Waals surface area contributed by atoms with Crippen LogP contribution in [0.25, 0.3) is 0 Å². The first-order valence-corrected chi connectivity index (χ1v) is 6.64. The first-order chi connectivity index (χ1) is 8.09. The van der Waals surface area contributed by atoms with Crippen LogP contribution in [0.4, 0.5) is 0 Å². The van der Waals surface area contributed by atoms with Gasteiger partial charge in [0.15, 0.2) is 0 Å². The topological polar surface area (TPSA) is 42.4 Å². The molecule has 2 rings (SSSR count). The fourth-order valence-electron chi connectivity index (χ4n) is 2.50. The highest BCUT2D eigenvalue weighted by atomic mass is 16.3. The Morgan fingerprint density at radius 1 is 1.41 bits per heavy atom. The third-order valence-corrected chi connectivity index (χ3v) is 3.28. The summed E-state index contributed by atoms with van der Waals surface area (Å²) in [6.07, 6.45) is 4.35. The summed E-state index contributed by atoms with van der Waals surface area (Å²) < 4.78 is 5.58. The lowest BCUT2D eigenvalue weighted by Crippen LogP contribution is -2.42. The molecular weight excluding hydrogens is 212 g/mol. The second kappa shape index (κ2) is 5.23. The van der Waals surface area contributed by atoms with E-state index in [1.807, 2.05) is 12.1 Å². The van der Waals surface area contributed by atoms with Crippen LogP contribution in [-0.2, 0) is 0 Å². The number of rotatable bonds is 6. The molecule has 0 amide bonds. The molecule has 2 atom stereocenters. The first kappa shape index (κ1) is 12.7. The van der Waals surface area contributed by atoms with Crippen LogP contribution in [-0.4, -0.2) is 23.5 Å². The number of furan rings is 1. The van der Waals surface area contributed by atoms with Crippen molar-refractivity contribution in [3.05, 3.63) is 24.2 Å². The summed E-state index contributed by atoms with van der Waals surface area (Å²) >= 11 is 0. The summed E-state index contributed by atoms with van der Waals surface area (Å²) in [6, 6.07) is 5.02. The van der Waals surface area contributed by atoms with Gasteiger partial charge in [0.1, 0.15) is 5.76 Å². The van der Waals surface area contributed by atoms with Crippen molar-refractivity contribution in [3.8, 4) is 0 Å². The molecule has 1 fully saturated rings. The molecule has 2 N–H and O–H groups in total. The molecule has 1 aromatic rings. The lowest BCUT2D eigenvalue weighted by atomic mass is 10.0. The van der Waals surface area contributed by atoms with Crippen LogP contribution >= 0.6 is 0 Å². The molecule has 17 heavy (non-hydrogen) atoms. The number of nitrogens with two attached hydrogens (primary N) is 1. The van der Waals surface area contributed by atoms with Gasteiger partial charge in [-0.25, -0.2) is 0 Å². The molecule has 0 spiro atoms. The van der Waals surface area contributed by atoms with Gasteiger partial charge in [0.25, 0.3) is 0 Å². The predicted molar refractivity (Wildman–Crippen MR) is 69.7 cm³/mol. The van der Waals surface area contributed by atoms with Crippen LogP contribution in [0.3, 0.4) is 0 Å². The molecule has 0 saturated heterocycles. The van der Waals surface area contributed by atoms with Gasteiger partial charge < -0.3 is 10.2 Å². The van der Waals surface area contributed by atoms with Crippen LogP contribution in [0.5, 0.6) is 0 Å². The summed E-state index contributed by atoms with van der Waals surface area (Å²) in [7, 11) is 0. The van der Waals surface area contributed by atoms with E-state index in [9.17, 15) is 0 Å². The van der Waals surface area contributed by atoms with Crippen molar-refractivity contribution in [2.75, 3.05) is 6.54 Å². The Hall–Kier alpha value is -0.800. The van der Waals surface area contributed by atoms with Crippen molar-refractivity contribution in [3.63, 3.8) is 0 Å². The largest absolute Gasteiger partial charge is 0.468 e. The molecule has 3 nitrogen and oxygen atoms in total. The van der Waals surface area contributed by atoms with E-state index < -0.39 is 0 Å². The van der Waals surface area contributed by atoms with Crippen molar-refractivity contribution in [1.29, 1.82) is 0 Å². The number of hydrogen-bond acceptors (Lipinski definition) is 3. The van der Waals surface area contributed by atoms with E-state index in [2.05, 4.69) is 25.7 Å². The Balaban J connectivity index is 2.17. The molecular formula is C14H24N2O. The van der Waals surface area contributed by atoms with Crippen molar-refractivity contribution in [2.24, 2.45) is 11.7 Å². The quantitative estimate of drug-likeness (QED) is 0.826. The zero-order chi connectivity index (χ0) is 12.4. The summed E-state index contributed by atoms with van der Waals surface area (Å²) in [5, 5.41) is 0. The van der Waals surface area contributed by atoms with Crippen LogP contribution in [0.1, 0.15) is 45.4 Å². The normalized spacial score (nSPS) is 19.9. The maximum absolute atomic E-state index is 6.17. The lowest BCUT2D eigenvalue weighted by Gasteiger charge is -2.34. The highest BCUT2D eigenvalue weighted by molar-refractivity contribution is 5.09. The van der Waals surface area contributed by atoms with Gasteiger partial charge in [-0.15, -0.1) is 0 Å². The molecule has 2 unspecified atom stereocenters. The zero-order valence-corrected chi connectivity index (χ0v) is 11.1. The minimum absolute atomic E-state index is 0.0977. The molecule has 1 aromatic heterocycles. The Bertz CT molecular complexity index is 328. The van der Waals surface area contributed by atoms with Gasteiger partial charge in [0.05, 0.1) is 12.3 Å². The van der Waals surface area contributed by atoms with Crippen molar-refractivity contribution >= 4 is 0 Å². The van der Waals surface area contributed by atoms with Gasteiger partial charge >= 0.3 is 0 Å². The lowest BCUT2D eigenvalue weighted by molar-refractivity contribution is 0.129. The van der Waals surface area contributed by atoms with E-state index in [1.54, 1.807) is 6.26 Å². The minimum Gasteiger partial charge on any atom is -0.468 e. The van der Waals surface area contributed by atoms with Crippen molar-refractivity contribution in [1.82, 2.24) is 4.90 Å². The molecule has 1 saturated carbocycles. The van der Waals surface area contributed by atoms with E-state index >= 15 is 0 Å². The van der Waals surface area contributed by atoms with Gasteiger partial charge in [-0.2, -0.15) is 0 Å². The maximum Gasteiger partial charge on any atom is 0.122 e. The summed E-state index contributed by atoms with van der Waals surface area (Å²) in [5.74, 6) is 1.67. The van der Waals surface area contributed by atoms with E-state index in [-0.39, 0.29) is 12.1 Å². The molecule has 0 bridgehead atoms. The molecule has 0 radical (unpaired) electrons. The van der Waals surface area contributed by atoms with Crippen molar-refractivity contribution < 1.29 is 4.42 Å². The summed E-state index contributed by atoms with van der Waals surface area (Å²) in [6.45, 7) is 7.69. The Labute approximate surface area is 104 Å². The summed E-state index contributed by atoms with van der Waals surface area (Å²) in [4.78, 5) is 2.54. The highest BCUT2D eigenvalue weighted by Gasteiger charge is 2.37. The zero-order valence-electron chi connectivity index (χ0n) is 11.1. The van der Waals surface area contributed by atoms with E-state index in [0.29, 0.717) is 12.0 Å².